The number of benzene rings is 1. The molecule has 0 aliphatic carbocycles. The van der Waals surface area contributed by atoms with Gasteiger partial charge in [-0.05, 0) is 49.5 Å². The number of carbonyl (C=O) groups is 1. The van der Waals surface area contributed by atoms with Gasteiger partial charge in [0, 0.05) is 24.2 Å². The molecular weight excluding hydrogens is 288 g/mol. The summed E-state index contributed by atoms with van der Waals surface area (Å²) in [5.74, 6) is 0.912. The zero-order valence-corrected chi connectivity index (χ0v) is 14.6. The minimum Gasteiger partial charge on any atom is -0.497 e. The third-order valence-corrected chi connectivity index (χ3v) is 4.09. The summed E-state index contributed by atoms with van der Waals surface area (Å²) in [5, 5.41) is 6.51. The second-order valence-corrected chi connectivity index (χ2v) is 6.47. The first-order chi connectivity index (χ1) is 11.0. The summed E-state index contributed by atoms with van der Waals surface area (Å²) in [4.78, 5) is 12.5. The molecule has 2 N–H and O–H groups in total. The highest BCUT2D eigenvalue weighted by molar-refractivity contribution is 6.01. The van der Waals surface area contributed by atoms with E-state index in [0.29, 0.717) is 6.04 Å². The van der Waals surface area contributed by atoms with Crippen LogP contribution in [0.3, 0.4) is 0 Å². The first-order valence-corrected chi connectivity index (χ1v) is 8.42. The van der Waals surface area contributed by atoms with Crippen LogP contribution < -0.4 is 15.4 Å². The summed E-state index contributed by atoms with van der Waals surface area (Å²) in [7, 11) is 1.66. The molecule has 1 aromatic carbocycles. The van der Waals surface area contributed by atoms with Gasteiger partial charge < -0.3 is 15.4 Å². The van der Waals surface area contributed by atoms with E-state index in [-0.39, 0.29) is 11.9 Å². The maximum Gasteiger partial charge on any atom is 0.247 e. The summed E-state index contributed by atoms with van der Waals surface area (Å²) in [6.07, 6.45) is 2.64. The monoisotopic (exact) mass is 316 g/mol. The van der Waals surface area contributed by atoms with E-state index in [1.54, 1.807) is 7.11 Å². The van der Waals surface area contributed by atoms with Gasteiger partial charge in [-0.25, -0.2) is 0 Å². The van der Waals surface area contributed by atoms with E-state index in [1.807, 2.05) is 24.3 Å². The number of hydrogen-bond acceptors (Lipinski definition) is 3. The Morgan fingerprint density at radius 1 is 1.22 bits per heavy atom. The van der Waals surface area contributed by atoms with E-state index in [9.17, 15) is 4.79 Å². The lowest BCUT2D eigenvalue weighted by molar-refractivity contribution is -0.117. The van der Waals surface area contributed by atoms with Crippen LogP contribution in [0, 0.1) is 0 Å². The Hall–Kier alpha value is -1.81. The van der Waals surface area contributed by atoms with Crippen molar-refractivity contribution < 1.29 is 9.53 Å². The van der Waals surface area contributed by atoms with Gasteiger partial charge in [0.2, 0.25) is 5.91 Å². The Kier molecular flexibility index (Phi) is 6.22. The first-order valence-electron chi connectivity index (χ1n) is 8.42. The minimum absolute atomic E-state index is 0.0747. The molecule has 1 aromatic rings. The van der Waals surface area contributed by atoms with Crippen LogP contribution in [0.1, 0.15) is 45.6 Å². The van der Waals surface area contributed by atoms with Crippen LogP contribution in [0.15, 0.2) is 29.8 Å². The summed E-state index contributed by atoms with van der Waals surface area (Å²) in [5.41, 5.74) is 3.20. The van der Waals surface area contributed by atoms with Gasteiger partial charge in [0.05, 0.1) is 7.11 Å². The minimum atomic E-state index is 0.0747. The molecule has 0 aromatic heterocycles. The van der Waals surface area contributed by atoms with Crippen molar-refractivity contribution in [2.24, 2.45) is 0 Å². The third-order valence-electron chi connectivity index (χ3n) is 4.09. The second-order valence-electron chi connectivity index (χ2n) is 6.47. The molecule has 4 heteroatoms. The van der Waals surface area contributed by atoms with Crippen molar-refractivity contribution in [2.75, 3.05) is 13.7 Å². The van der Waals surface area contributed by atoms with Crippen LogP contribution in [-0.2, 0) is 4.79 Å². The van der Waals surface area contributed by atoms with E-state index in [4.69, 9.17) is 4.74 Å². The number of nitrogens with one attached hydrogen (secondary N) is 2. The molecule has 1 atom stereocenters. The maximum absolute atomic E-state index is 12.5. The lowest BCUT2D eigenvalue weighted by Crippen LogP contribution is -2.35. The molecule has 0 saturated carbocycles. The number of ether oxygens (including phenoxy) is 1. The topological polar surface area (TPSA) is 50.4 Å². The van der Waals surface area contributed by atoms with Crippen LogP contribution in [0.25, 0.3) is 5.57 Å². The number of methoxy groups -OCH3 is 1. The third kappa shape index (κ3) is 4.83. The number of amides is 1. The fourth-order valence-electron chi connectivity index (χ4n) is 3.12. The van der Waals surface area contributed by atoms with Gasteiger partial charge in [-0.1, -0.05) is 26.0 Å². The Morgan fingerprint density at radius 2 is 1.91 bits per heavy atom. The zero-order chi connectivity index (χ0) is 16.8. The summed E-state index contributed by atoms with van der Waals surface area (Å²) < 4.78 is 5.23. The second kappa shape index (κ2) is 8.16. The molecule has 1 unspecified atom stereocenters. The van der Waals surface area contributed by atoms with Crippen LogP contribution in [0.4, 0.5) is 0 Å². The standard InChI is InChI=1S/C19H28N2O2/c1-13(2)21-14(3)12-18-17(6-5-11-20-19(18)22)15-7-9-16(23-4)10-8-15/h7-10,13-14,21H,5-6,11-12H2,1-4H3,(H,20,22). The summed E-state index contributed by atoms with van der Waals surface area (Å²) in [6, 6.07) is 8.68. The fraction of sp³-hybridized carbons (Fsp3) is 0.526. The SMILES string of the molecule is COc1ccc(C2=C(CC(C)NC(C)C)C(=O)NCCC2)cc1. The van der Waals surface area contributed by atoms with E-state index < -0.39 is 0 Å². The highest BCUT2D eigenvalue weighted by atomic mass is 16.5. The Balaban J connectivity index is 2.33. The van der Waals surface area contributed by atoms with Crippen LogP contribution in [0.5, 0.6) is 5.75 Å². The molecule has 1 amide bonds. The van der Waals surface area contributed by atoms with Crippen molar-refractivity contribution in [2.45, 2.75) is 52.1 Å². The highest BCUT2D eigenvalue weighted by Gasteiger charge is 2.21. The molecule has 1 aliphatic rings. The van der Waals surface area contributed by atoms with Crippen molar-refractivity contribution >= 4 is 11.5 Å². The normalized spacial score (nSPS) is 17.0. The average molecular weight is 316 g/mol. The lowest BCUT2D eigenvalue weighted by atomic mass is 9.92. The van der Waals surface area contributed by atoms with Crippen molar-refractivity contribution in [3.8, 4) is 5.75 Å². The molecule has 0 fully saturated rings. The molecular formula is C19H28N2O2. The van der Waals surface area contributed by atoms with E-state index in [0.717, 1.165) is 42.7 Å². The van der Waals surface area contributed by atoms with Crippen LogP contribution in [0.2, 0.25) is 0 Å². The van der Waals surface area contributed by atoms with Crippen LogP contribution in [-0.4, -0.2) is 31.6 Å². The van der Waals surface area contributed by atoms with Gasteiger partial charge in [0.1, 0.15) is 5.75 Å². The van der Waals surface area contributed by atoms with Crippen LogP contribution >= 0.6 is 0 Å². The Labute approximate surface area is 139 Å². The Bertz CT molecular complexity index is 561. The first kappa shape index (κ1) is 17.5. The highest BCUT2D eigenvalue weighted by Crippen LogP contribution is 2.29. The molecule has 1 heterocycles. The zero-order valence-electron chi connectivity index (χ0n) is 14.6. The number of allylic oxidation sites excluding steroid dienone is 1. The van der Waals surface area contributed by atoms with Gasteiger partial charge in [0.25, 0.3) is 0 Å². The van der Waals surface area contributed by atoms with E-state index in [2.05, 4.69) is 31.4 Å². The van der Waals surface area contributed by atoms with E-state index >= 15 is 0 Å². The molecule has 0 saturated heterocycles. The van der Waals surface area contributed by atoms with Gasteiger partial charge in [-0.2, -0.15) is 0 Å². The molecule has 4 nitrogen and oxygen atoms in total. The van der Waals surface area contributed by atoms with Gasteiger partial charge in [-0.15, -0.1) is 0 Å². The quantitative estimate of drug-likeness (QED) is 0.848. The fourth-order valence-corrected chi connectivity index (χ4v) is 3.12. The van der Waals surface area contributed by atoms with Gasteiger partial charge in [0.15, 0.2) is 0 Å². The van der Waals surface area contributed by atoms with Crippen molar-refractivity contribution in [1.82, 2.24) is 10.6 Å². The molecule has 1 aliphatic heterocycles. The molecule has 2 rings (SSSR count). The predicted octanol–water partition coefficient (Wildman–Crippen LogP) is 3.14. The van der Waals surface area contributed by atoms with Crippen molar-refractivity contribution in [1.29, 1.82) is 0 Å². The number of carbonyl (C=O) groups excluding carboxylic acids is 1. The molecule has 0 spiro atoms. The largest absolute Gasteiger partial charge is 0.497 e. The molecule has 0 radical (unpaired) electrons. The summed E-state index contributed by atoms with van der Waals surface area (Å²) >= 11 is 0. The predicted molar refractivity (Wildman–Crippen MR) is 94.5 cm³/mol. The van der Waals surface area contributed by atoms with Crippen molar-refractivity contribution in [3.63, 3.8) is 0 Å². The number of hydrogen-bond donors (Lipinski definition) is 2. The summed E-state index contributed by atoms with van der Waals surface area (Å²) in [6.45, 7) is 7.13. The molecule has 0 bridgehead atoms. The number of rotatable bonds is 6. The maximum atomic E-state index is 12.5. The smallest absolute Gasteiger partial charge is 0.247 e. The average Bonchev–Trinajstić information content (AvgIpc) is 2.69. The van der Waals surface area contributed by atoms with Gasteiger partial charge in [-0.3, -0.25) is 4.79 Å². The molecule has 23 heavy (non-hydrogen) atoms. The molecule has 126 valence electrons. The van der Waals surface area contributed by atoms with Crippen molar-refractivity contribution in [3.05, 3.63) is 35.4 Å². The van der Waals surface area contributed by atoms with Gasteiger partial charge >= 0.3 is 0 Å². The Morgan fingerprint density at radius 3 is 2.52 bits per heavy atom. The lowest BCUT2D eigenvalue weighted by Gasteiger charge is -2.20. The van der Waals surface area contributed by atoms with E-state index in [1.165, 1.54) is 5.57 Å².